The van der Waals surface area contributed by atoms with Gasteiger partial charge in [-0.1, -0.05) is 26.8 Å². The van der Waals surface area contributed by atoms with Crippen LogP contribution < -0.4 is 0 Å². The molecular weight excluding hydrogens is 140 g/mol. The summed E-state index contributed by atoms with van der Waals surface area (Å²) in [6.07, 6.45) is 1.45. The van der Waals surface area contributed by atoms with E-state index in [2.05, 4.69) is 26.8 Å². The van der Waals surface area contributed by atoms with E-state index in [0.717, 1.165) is 5.57 Å². The zero-order chi connectivity index (χ0) is 8.43. The van der Waals surface area contributed by atoms with Crippen LogP contribution in [0, 0.1) is 11.8 Å². The highest BCUT2D eigenvalue weighted by atomic mass is 16.6. The molecular formula is C9H16O2. The summed E-state index contributed by atoms with van der Waals surface area (Å²) in [6.45, 7) is 6.86. The minimum atomic E-state index is -0.661. The number of aliphatic hydroxyl groups excluding tert-OH is 1. The SMILES string of the molecule is CC1C=C(C(C)C)C(O)OC1. The van der Waals surface area contributed by atoms with Crippen LogP contribution in [-0.2, 0) is 4.74 Å². The average Bonchev–Trinajstić information content (AvgIpc) is 1.94. The molecule has 11 heavy (non-hydrogen) atoms. The molecule has 0 aromatic heterocycles. The van der Waals surface area contributed by atoms with Crippen molar-refractivity contribution in [1.29, 1.82) is 0 Å². The Morgan fingerprint density at radius 2 is 2.27 bits per heavy atom. The largest absolute Gasteiger partial charge is 0.364 e. The summed E-state index contributed by atoms with van der Waals surface area (Å²) in [5, 5.41) is 9.37. The van der Waals surface area contributed by atoms with Gasteiger partial charge in [-0.15, -0.1) is 0 Å². The van der Waals surface area contributed by atoms with Crippen molar-refractivity contribution in [1.82, 2.24) is 0 Å². The lowest BCUT2D eigenvalue weighted by atomic mass is 9.96. The van der Waals surface area contributed by atoms with Crippen molar-refractivity contribution >= 4 is 0 Å². The number of rotatable bonds is 1. The second kappa shape index (κ2) is 3.37. The highest BCUT2D eigenvalue weighted by molar-refractivity contribution is 5.11. The van der Waals surface area contributed by atoms with Crippen LogP contribution >= 0.6 is 0 Å². The van der Waals surface area contributed by atoms with Gasteiger partial charge in [-0.25, -0.2) is 0 Å². The highest BCUT2D eigenvalue weighted by Gasteiger charge is 2.20. The lowest BCUT2D eigenvalue weighted by molar-refractivity contribution is -0.0923. The van der Waals surface area contributed by atoms with Crippen molar-refractivity contribution in [3.63, 3.8) is 0 Å². The van der Waals surface area contributed by atoms with E-state index in [1.54, 1.807) is 0 Å². The molecule has 2 unspecified atom stereocenters. The summed E-state index contributed by atoms with van der Waals surface area (Å²) >= 11 is 0. The summed E-state index contributed by atoms with van der Waals surface area (Å²) in [5.41, 5.74) is 1.02. The summed E-state index contributed by atoms with van der Waals surface area (Å²) in [6, 6.07) is 0. The average molecular weight is 156 g/mol. The molecule has 2 heteroatoms. The smallest absolute Gasteiger partial charge is 0.177 e. The maximum Gasteiger partial charge on any atom is 0.177 e. The molecule has 1 N–H and O–H groups in total. The van der Waals surface area contributed by atoms with Crippen LogP contribution in [0.2, 0.25) is 0 Å². The van der Waals surface area contributed by atoms with Gasteiger partial charge < -0.3 is 9.84 Å². The Bertz CT molecular complexity index is 161. The molecule has 0 aromatic carbocycles. The molecule has 0 bridgehead atoms. The number of hydrogen-bond acceptors (Lipinski definition) is 2. The zero-order valence-corrected chi connectivity index (χ0v) is 7.37. The van der Waals surface area contributed by atoms with Gasteiger partial charge in [0.15, 0.2) is 6.29 Å². The van der Waals surface area contributed by atoms with Crippen molar-refractivity contribution in [2.45, 2.75) is 27.1 Å². The fourth-order valence-electron chi connectivity index (χ4n) is 1.28. The van der Waals surface area contributed by atoms with E-state index in [4.69, 9.17) is 4.74 Å². The maximum absolute atomic E-state index is 9.37. The van der Waals surface area contributed by atoms with Crippen LogP contribution in [0.3, 0.4) is 0 Å². The molecule has 2 nitrogen and oxygen atoms in total. The van der Waals surface area contributed by atoms with Crippen LogP contribution in [0.25, 0.3) is 0 Å². The second-order valence-corrected chi connectivity index (χ2v) is 3.48. The Morgan fingerprint density at radius 3 is 2.73 bits per heavy atom. The van der Waals surface area contributed by atoms with Gasteiger partial charge in [0, 0.05) is 0 Å². The molecule has 0 fully saturated rings. The highest BCUT2D eigenvalue weighted by Crippen LogP contribution is 2.22. The first kappa shape index (κ1) is 8.75. The molecule has 0 saturated carbocycles. The molecule has 0 aromatic rings. The number of hydrogen-bond donors (Lipinski definition) is 1. The van der Waals surface area contributed by atoms with Gasteiger partial charge in [-0.3, -0.25) is 0 Å². The molecule has 2 atom stereocenters. The molecule has 1 heterocycles. The van der Waals surface area contributed by atoms with Crippen molar-refractivity contribution < 1.29 is 9.84 Å². The second-order valence-electron chi connectivity index (χ2n) is 3.48. The van der Waals surface area contributed by atoms with Crippen molar-refractivity contribution in [3.8, 4) is 0 Å². The Hall–Kier alpha value is -0.340. The molecule has 1 aliphatic rings. The van der Waals surface area contributed by atoms with Gasteiger partial charge in [-0.05, 0) is 17.4 Å². The Kier molecular flexibility index (Phi) is 2.68. The van der Waals surface area contributed by atoms with E-state index in [-0.39, 0.29) is 0 Å². The van der Waals surface area contributed by atoms with Gasteiger partial charge >= 0.3 is 0 Å². The van der Waals surface area contributed by atoms with Gasteiger partial charge in [0.05, 0.1) is 6.61 Å². The molecule has 0 spiro atoms. The quantitative estimate of drug-likeness (QED) is 0.584. The van der Waals surface area contributed by atoms with Gasteiger partial charge in [-0.2, -0.15) is 0 Å². The van der Waals surface area contributed by atoms with Crippen LogP contribution in [0.1, 0.15) is 20.8 Å². The topological polar surface area (TPSA) is 29.5 Å². The predicted octanol–water partition coefficient (Wildman–Crippen LogP) is 1.55. The summed E-state index contributed by atoms with van der Waals surface area (Å²) in [5.74, 6) is 0.823. The third-order valence-electron chi connectivity index (χ3n) is 1.95. The van der Waals surface area contributed by atoms with Gasteiger partial charge in [0.2, 0.25) is 0 Å². The lowest BCUT2D eigenvalue weighted by Gasteiger charge is -2.26. The molecule has 0 radical (unpaired) electrons. The number of ether oxygens (including phenoxy) is 1. The molecule has 64 valence electrons. The van der Waals surface area contributed by atoms with Crippen LogP contribution in [0.4, 0.5) is 0 Å². The van der Waals surface area contributed by atoms with Crippen LogP contribution in [0.15, 0.2) is 11.6 Å². The number of aliphatic hydroxyl groups is 1. The summed E-state index contributed by atoms with van der Waals surface area (Å²) < 4.78 is 5.15. The summed E-state index contributed by atoms with van der Waals surface area (Å²) in [4.78, 5) is 0. The molecule has 0 amide bonds. The fraction of sp³-hybridized carbons (Fsp3) is 0.778. The van der Waals surface area contributed by atoms with E-state index in [0.29, 0.717) is 18.4 Å². The van der Waals surface area contributed by atoms with Gasteiger partial charge in [0.25, 0.3) is 0 Å². The normalized spacial score (nSPS) is 32.3. The molecule has 0 aliphatic carbocycles. The Labute approximate surface area is 67.9 Å². The minimum absolute atomic E-state index is 0.382. The summed E-state index contributed by atoms with van der Waals surface area (Å²) in [7, 11) is 0. The fourth-order valence-corrected chi connectivity index (χ4v) is 1.28. The van der Waals surface area contributed by atoms with E-state index >= 15 is 0 Å². The molecule has 1 aliphatic heterocycles. The maximum atomic E-state index is 9.37. The third-order valence-corrected chi connectivity index (χ3v) is 1.95. The van der Waals surface area contributed by atoms with Crippen molar-refractivity contribution in [3.05, 3.63) is 11.6 Å². The van der Waals surface area contributed by atoms with Crippen molar-refractivity contribution in [2.75, 3.05) is 6.61 Å². The van der Waals surface area contributed by atoms with Crippen molar-refractivity contribution in [2.24, 2.45) is 11.8 Å². The molecule has 0 saturated heterocycles. The zero-order valence-electron chi connectivity index (χ0n) is 7.37. The lowest BCUT2D eigenvalue weighted by Crippen LogP contribution is -2.26. The molecule has 1 rings (SSSR count). The van der Waals surface area contributed by atoms with Crippen LogP contribution in [-0.4, -0.2) is 18.0 Å². The van der Waals surface area contributed by atoms with Gasteiger partial charge in [0.1, 0.15) is 0 Å². The first-order chi connectivity index (χ1) is 5.11. The van der Waals surface area contributed by atoms with E-state index < -0.39 is 6.29 Å². The Balaban J connectivity index is 2.71. The Morgan fingerprint density at radius 1 is 1.64 bits per heavy atom. The van der Waals surface area contributed by atoms with E-state index in [9.17, 15) is 5.11 Å². The first-order valence-electron chi connectivity index (χ1n) is 4.12. The predicted molar refractivity (Wildman–Crippen MR) is 44.0 cm³/mol. The van der Waals surface area contributed by atoms with E-state index in [1.165, 1.54) is 0 Å². The van der Waals surface area contributed by atoms with Crippen LogP contribution in [0.5, 0.6) is 0 Å². The third kappa shape index (κ3) is 2.04. The first-order valence-corrected chi connectivity index (χ1v) is 4.12. The standard InChI is InChI=1S/C9H16O2/c1-6(2)8-4-7(3)5-11-9(8)10/h4,6-7,9-10H,5H2,1-3H3. The van der Waals surface area contributed by atoms with E-state index in [1.807, 2.05) is 0 Å². The monoisotopic (exact) mass is 156 g/mol. The minimum Gasteiger partial charge on any atom is -0.364 e.